The molecule has 0 aromatic heterocycles. The van der Waals surface area contributed by atoms with E-state index in [0.717, 1.165) is 25.9 Å². The van der Waals surface area contributed by atoms with Gasteiger partial charge >= 0.3 is 12.0 Å². The second kappa shape index (κ2) is 6.27. The lowest BCUT2D eigenvalue weighted by Gasteiger charge is -2.26. The first-order valence-electron chi connectivity index (χ1n) is 5.33. The number of rotatable bonds is 3. The van der Waals surface area contributed by atoms with Crippen molar-refractivity contribution in [3.05, 3.63) is 0 Å². The van der Waals surface area contributed by atoms with E-state index >= 15 is 0 Å². The molecule has 0 radical (unpaired) electrons. The molecule has 5 nitrogen and oxygen atoms in total. The van der Waals surface area contributed by atoms with Crippen molar-refractivity contribution in [2.24, 2.45) is 0 Å². The zero-order valence-electron chi connectivity index (χ0n) is 9.12. The Bertz CT molecular complexity index is 225. The number of nitrogens with one attached hydrogen (secondary N) is 1. The highest BCUT2D eigenvalue weighted by atomic mass is 16.5. The molecule has 0 saturated carbocycles. The van der Waals surface area contributed by atoms with Crippen molar-refractivity contribution in [3.63, 3.8) is 0 Å². The number of hydrogen-bond donors (Lipinski definition) is 1. The summed E-state index contributed by atoms with van der Waals surface area (Å²) >= 11 is 0. The maximum absolute atomic E-state index is 11.5. The lowest BCUT2D eigenvalue weighted by molar-refractivity contribution is -0.140. The van der Waals surface area contributed by atoms with Crippen molar-refractivity contribution in [2.75, 3.05) is 26.7 Å². The van der Waals surface area contributed by atoms with Gasteiger partial charge in [0.05, 0.1) is 13.5 Å². The molecule has 1 aliphatic rings. The summed E-state index contributed by atoms with van der Waals surface area (Å²) < 4.78 is 4.47. The topological polar surface area (TPSA) is 58.6 Å². The average Bonchev–Trinajstić information content (AvgIpc) is 2.29. The summed E-state index contributed by atoms with van der Waals surface area (Å²) in [5, 5.41) is 2.70. The van der Waals surface area contributed by atoms with Crippen molar-refractivity contribution >= 4 is 12.0 Å². The molecule has 1 aliphatic heterocycles. The van der Waals surface area contributed by atoms with Gasteiger partial charge in [0.15, 0.2) is 0 Å². The van der Waals surface area contributed by atoms with Gasteiger partial charge in [-0.25, -0.2) is 4.79 Å². The summed E-state index contributed by atoms with van der Waals surface area (Å²) in [5.41, 5.74) is 0. The molecular formula is C10H18N2O3. The Morgan fingerprint density at radius 1 is 1.27 bits per heavy atom. The molecule has 1 rings (SSSR count). The van der Waals surface area contributed by atoms with Crippen LogP contribution in [0.4, 0.5) is 4.79 Å². The van der Waals surface area contributed by atoms with Gasteiger partial charge in [-0.2, -0.15) is 0 Å². The second-order valence-electron chi connectivity index (χ2n) is 3.61. The number of methoxy groups -OCH3 is 1. The van der Waals surface area contributed by atoms with Crippen LogP contribution in [-0.4, -0.2) is 43.6 Å². The third-order valence-corrected chi connectivity index (χ3v) is 2.48. The number of esters is 1. The molecule has 5 heteroatoms. The Hall–Kier alpha value is -1.26. The fraction of sp³-hybridized carbons (Fsp3) is 0.800. The molecule has 0 aliphatic carbocycles. The maximum Gasteiger partial charge on any atom is 0.317 e. The summed E-state index contributed by atoms with van der Waals surface area (Å²) in [6, 6.07) is -0.0707. The van der Waals surface area contributed by atoms with Crippen molar-refractivity contribution in [1.29, 1.82) is 0 Å². The highest BCUT2D eigenvalue weighted by Crippen LogP contribution is 2.08. The third-order valence-electron chi connectivity index (χ3n) is 2.48. The Morgan fingerprint density at radius 2 is 1.93 bits per heavy atom. The summed E-state index contributed by atoms with van der Waals surface area (Å²) in [6.45, 7) is 2.00. The minimum atomic E-state index is -0.297. The number of urea groups is 1. The van der Waals surface area contributed by atoms with E-state index in [1.807, 2.05) is 0 Å². The van der Waals surface area contributed by atoms with Crippen molar-refractivity contribution in [2.45, 2.75) is 25.7 Å². The van der Waals surface area contributed by atoms with E-state index in [2.05, 4.69) is 10.1 Å². The largest absolute Gasteiger partial charge is 0.469 e. The number of amides is 2. The molecule has 0 aromatic carbocycles. The van der Waals surface area contributed by atoms with E-state index < -0.39 is 0 Å². The van der Waals surface area contributed by atoms with Gasteiger partial charge in [0, 0.05) is 19.6 Å². The number of nitrogens with zero attached hydrogens (tertiary/aromatic N) is 1. The minimum absolute atomic E-state index is 0.0707. The van der Waals surface area contributed by atoms with Crippen molar-refractivity contribution in [1.82, 2.24) is 10.2 Å². The fourth-order valence-electron chi connectivity index (χ4n) is 1.58. The lowest BCUT2D eigenvalue weighted by Crippen LogP contribution is -2.43. The van der Waals surface area contributed by atoms with E-state index in [1.54, 1.807) is 4.90 Å². The van der Waals surface area contributed by atoms with Gasteiger partial charge in [-0.3, -0.25) is 4.79 Å². The zero-order chi connectivity index (χ0) is 11.1. The second-order valence-corrected chi connectivity index (χ2v) is 3.61. The monoisotopic (exact) mass is 214 g/mol. The predicted molar refractivity (Wildman–Crippen MR) is 55.5 cm³/mol. The predicted octanol–water partition coefficient (Wildman–Crippen LogP) is 0.745. The van der Waals surface area contributed by atoms with Crippen LogP contribution in [0.15, 0.2) is 0 Å². The molecular weight excluding hydrogens is 196 g/mol. The number of ether oxygens (including phenoxy) is 1. The molecule has 15 heavy (non-hydrogen) atoms. The van der Waals surface area contributed by atoms with Crippen molar-refractivity contribution < 1.29 is 14.3 Å². The van der Waals surface area contributed by atoms with Gasteiger partial charge in [0.2, 0.25) is 0 Å². The molecule has 0 unspecified atom stereocenters. The third kappa shape index (κ3) is 4.18. The average molecular weight is 214 g/mol. The molecule has 1 heterocycles. The Morgan fingerprint density at radius 3 is 2.53 bits per heavy atom. The molecule has 0 aromatic rings. The van der Waals surface area contributed by atoms with Crippen LogP contribution < -0.4 is 5.32 Å². The van der Waals surface area contributed by atoms with Crippen LogP contribution in [0.5, 0.6) is 0 Å². The first kappa shape index (κ1) is 11.8. The van der Waals surface area contributed by atoms with E-state index in [0.29, 0.717) is 6.54 Å². The summed E-state index contributed by atoms with van der Waals surface area (Å²) in [6.07, 6.45) is 3.58. The van der Waals surface area contributed by atoms with E-state index in [9.17, 15) is 9.59 Å². The number of likely N-dealkylation sites (tertiary alicyclic amines) is 1. The normalized spacial score (nSPS) is 15.9. The molecule has 1 saturated heterocycles. The van der Waals surface area contributed by atoms with E-state index in [-0.39, 0.29) is 18.4 Å². The number of piperidine rings is 1. The quantitative estimate of drug-likeness (QED) is 0.705. The maximum atomic E-state index is 11.5. The molecule has 0 atom stereocenters. The van der Waals surface area contributed by atoms with Crippen LogP contribution in [0.2, 0.25) is 0 Å². The van der Waals surface area contributed by atoms with Gasteiger partial charge in [0.25, 0.3) is 0 Å². The first-order chi connectivity index (χ1) is 7.24. The molecule has 0 spiro atoms. The van der Waals surface area contributed by atoms with Gasteiger partial charge < -0.3 is 15.0 Å². The number of hydrogen-bond acceptors (Lipinski definition) is 3. The standard InChI is InChI=1S/C10H18N2O3/c1-15-9(13)5-6-11-10(14)12-7-3-2-4-8-12/h2-8H2,1H3,(H,11,14). The molecule has 0 bridgehead atoms. The van der Waals surface area contributed by atoms with Gasteiger partial charge in [-0.1, -0.05) is 0 Å². The lowest BCUT2D eigenvalue weighted by atomic mass is 10.1. The highest BCUT2D eigenvalue weighted by Gasteiger charge is 2.15. The van der Waals surface area contributed by atoms with Gasteiger partial charge in [-0.15, -0.1) is 0 Å². The summed E-state index contributed by atoms with van der Waals surface area (Å²) in [4.78, 5) is 24.1. The molecule has 86 valence electrons. The molecule has 1 fully saturated rings. The highest BCUT2D eigenvalue weighted by molar-refractivity contribution is 5.75. The van der Waals surface area contributed by atoms with Gasteiger partial charge in [0.1, 0.15) is 0 Å². The Labute approximate surface area is 89.8 Å². The van der Waals surface area contributed by atoms with Crippen LogP contribution in [0.25, 0.3) is 0 Å². The summed E-state index contributed by atoms with van der Waals surface area (Å²) in [7, 11) is 1.34. The minimum Gasteiger partial charge on any atom is -0.469 e. The van der Waals surface area contributed by atoms with Crippen LogP contribution in [0.1, 0.15) is 25.7 Å². The van der Waals surface area contributed by atoms with Crippen LogP contribution in [0.3, 0.4) is 0 Å². The first-order valence-corrected chi connectivity index (χ1v) is 5.33. The number of carbonyl (C=O) groups is 2. The Balaban J connectivity index is 2.14. The van der Waals surface area contributed by atoms with Gasteiger partial charge in [-0.05, 0) is 19.3 Å². The van der Waals surface area contributed by atoms with Crippen molar-refractivity contribution in [3.8, 4) is 0 Å². The Kier molecular flexibility index (Phi) is 4.93. The molecule has 1 N–H and O–H groups in total. The number of carbonyl (C=O) groups excluding carboxylic acids is 2. The smallest absolute Gasteiger partial charge is 0.317 e. The van der Waals surface area contributed by atoms with E-state index in [4.69, 9.17) is 0 Å². The van der Waals surface area contributed by atoms with Crippen LogP contribution >= 0.6 is 0 Å². The summed E-state index contributed by atoms with van der Waals surface area (Å²) in [5.74, 6) is -0.297. The van der Waals surface area contributed by atoms with Crippen LogP contribution in [-0.2, 0) is 9.53 Å². The zero-order valence-corrected chi connectivity index (χ0v) is 9.12. The van der Waals surface area contributed by atoms with Crippen LogP contribution in [0, 0.1) is 0 Å². The molecule has 2 amide bonds. The SMILES string of the molecule is COC(=O)CCNC(=O)N1CCCCC1. The van der Waals surface area contributed by atoms with E-state index in [1.165, 1.54) is 13.5 Å². The fourth-order valence-corrected chi connectivity index (χ4v) is 1.58.